The van der Waals surface area contributed by atoms with Crippen molar-refractivity contribution in [2.75, 3.05) is 0 Å². The maximum absolute atomic E-state index is 10.9. The van der Waals surface area contributed by atoms with Crippen LogP contribution in [0, 0.1) is 5.92 Å². The van der Waals surface area contributed by atoms with Gasteiger partial charge in [0.15, 0.2) is 0 Å². The van der Waals surface area contributed by atoms with E-state index in [0.29, 0.717) is 4.88 Å². The highest BCUT2D eigenvalue weighted by atomic mass is 32.1. The summed E-state index contributed by atoms with van der Waals surface area (Å²) < 4.78 is 0. The van der Waals surface area contributed by atoms with E-state index in [9.17, 15) is 4.79 Å². The minimum absolute atomic E-state index is 0.539. The van der Waals surface area contributed by atoms with Crippen LogP contribution < -0.4 is 0 Å². The van der Waals surface area contributed by atoms with Crippen LogP contribution in [-0.2, 0) is 6.42 Å². The van der Waals surface area contributed by atoms with Gasteiger partial charge in [0, 0.05) is 0 Å². The molecule has 3 heteroatoms. The van der Waals surface area contributed by atoms with Crippen LogP contribution in [-0.4, -0.2) is 11.1 Å². The first-order valence-corrected chi connectivity index (χ1v) is 5.95. The molecule has 0 unspecified atom stereocenters. The second-order valence-electron chi connectivity index (χ2n) is 3.93. The Hall–Kier alpha value is -0.830. The molecule has 0 atom stereocenters. The summed E-state index contributed by atoms with van der Waals surface area (Å²) >= 11 is 1.34. The summed E-state index contributed by atoms with van der Waals surface area (Å²) in [6, 6.07) is 1.96. The zero-order valence-electron chi connectivity index (χ0n) is 8.03. The quantitative estimate of drug-likeness (QED) is 0.832. The summed E-state index contributed by atoms with van der Waals surface area (Å²) in [6.07, 6.45) is 6.14. The van der Waals surface area contributed by atoms with Crippen molar-refractivity contribution in [2.45, 2.75) is 32.1 Å². The standard InChI is InChI=1S/C11H14O2S/c12-11(13)10-9(5-6-14-10)7-8-3-1-2-4-8/h5-6,8H,1-4,7H2,(H,12,13). The predicted octanol–water partition coefficient (Wildman–Crippen LogP) is 3.18. The maximum atomic E-state index is 10.9. The SMILES string of the molecule is O=C(O)c1sccc1CC1CCCC1. The Balaban J connectivity index is 2.07. The highest BCUT2D eigenvalue weighted by molar-refractivity contribution is 7.12. The van der Waals surface area contributed by atoms with Gasteiger partial charge in [-0.05, 0) is 29.3 Å². The minimum Gasteiger partial charge on any atom is -0.477 e. The van der Waals surface area contributed by atoms with Crippen LogP contribution in [0.4, 0.5) is 0 Å². The summed E-state index contributed by atoms with van der Waals surface area (Å²) in [4.78, 5) is 11.4. The molecule has 76 valence electrons. The highest BCUT2D eigenvalue weighted by Crippen LogP contribution is 2.30. The Morgan fingerprint density at radius 1 is 1.50 bits per heavy atom. The summed E-state index contributed by atoms with van der Waals surface area (Å²) in [7, 11) is 0. The Morgan fingerprint density at radius 2 is 2.21 bits per heavy atom. The summed E-state index contributed by atoms with van der Waals surface area (Å²) in [5.41, 5.74) is 1.04. The second-order valence-corrected chi connectivity index (χ2v) is 4.85. The van der Waals surface area contributed by atoms with Crippen molar-refractivity contribution in [3.63, 3.8) is 0 Å². The molecule has 0 amide bonds. The number of carboxylic acid groups (broad SMARTS) is 1. The van der Waals surface area contributed by atoms with Gasteiger partial charge in [-0.25, -0.2) is 4.79 Å². The molecule has 1 aliphatic carbocycles. The number of carboxylic acids is 1. The Bertz CT molecular complexity index is 324. The number of carbonyl (C=O) groups is 1. The van der Waals surface area contributed by atoms with Crippen molar-refractivity contribution in [2.24, 2.45) is 5.92 Å². The van der Waals surface area contributed by atoms with Crippen molar-refractivity contribution < 1.29 is 9.90 Å². The molecule has 0 aliphatic heterocycles. The minimum atomic E-state index is -0.770. The molecule has 2 rings (SSSR count). The first kappa shape index (κ1) is 9.71. The first-order valence-electron chi connectivity index (χ1n) is 5.07. The van der Waals surface area contributed by atoms with Crippen LogP contribution in [0.2, 0.25) is 0 Å². The second kappa shape index (κ2) is 4.13. The molecule has 1 heterocycles. The van der Waals surface area contributed by atoms with E-state index in [1.54, 1.807) is 0 Å². The van der Waals surface area contributed by atoms with Crippen LogP contribution in [0.3, 0.4) is 0 Å². The number of hydrogen-bond acceptors (Lipinski definition) is 2. The van der Waals surface area contributed by atoms with Crippen molar-refractivity contribution in [1.29, 1.82) is 0 Å². The van der Waals surface area contributed by atoms with E-state index in [4.69, 9.17) is 5.11 Å². The van der Waals surface area contributed by atoms with Crippen LogP contribution >= 0.6 is 11.3 Å². The van der Waals surface area contributed by atoms with E-state index in [2.05, 4.69) is 0 Å². The van der Waals surface area contributed by atoms with E-state index in [-0.39, 0.29) is 0 Å². The lowest BCUT2D eigenvalue weighted by molar-refractivity contribution is 0.0701. The van der Waals surface area contributed by atoms with Crippen LogP contribution in [0.25, 0.3) is 0 Å². The Kier molecular flexibility index (Phi) is 2.87. The summed E-state index contributed by atoms with van der Waals surface area (Å²) in [5.74, 6) is -0.0457. The third-order valence-corrected chi connectivity index (χ3v) is 3.87. The fourth-order valence-corrected chi connectivity index (χ4v) is 2.98. The molecule has 0 spiro atoms. The van der Waals surface area contributed by atoms with Gasteiger partial charge in [0.2, 0.25) is 0 Å². The number of aromatic carboxylic acids is 1. The smallest absolute Gasteiger partial charge is 0.346 e. The Labute approximate surface area is 87.6 Å². The third-order valence-electron chi connectivity index (χ3n) is 2.92. The van der Waals surface area contributed by atoms with Gasteiger partial charge in [-0.1, -0.05) is 25.7 Å². The zero-order valence-corrected chi connectivity index (χ0v) is 8.85. The van der Waals surface area contributed by atoms with Gasteiger partial charge in [-0.2, -0.15) is 0 Å². The van der Waals surface area contributed by atoms with E-state index in [1.165, 1.54) is 37.0 Å². The van der Waals surface area contributed by atoms with E-state index >= 15 is 0 Å². The fraction of sp³-hybridized carbons (Fsp3) is 0.545. The average molecular weight is 210 g/mol. The van der Waals surface area contributed by atoms with Gasteiger partial charge in [-0.3, -0.25) is 0 Å². The van der Waals surface area contributed by atoms with Gasteiger partial charge in [0.25, 0.3) is 0 Å². The van der Waals surface area contributed by atoms with Crippen molar-refractivity contribution in [3.05, 3.63) is 21.9 Å². The molecule has 1 fully saturated rings. The number of hydrogen-bond donors (Lipinski definition) is 1. The van der Waals surface area contributed by atoms with E-state index in [1.807, 2.05) is 11.4 Å². The molecule has 14 heavy (non-hydrogen) atoms. The lowest BCUT2D eigenvalue weighted by Crippen LogP contribution is -2.03. The molecular formula is C11H14O2S. The zero-order chi connectivity index (χ0) is 9.97. The number of rotatable bonds is 3. The molecule has 1 aromatic rings. The topological polar surface area (TPSA) is 37.3 Å². The predicted molar refractivity (Wildman–Crippen MR) is 56.9 cm³/mol. The molecule has 0 aromatic carbocycles. The summed E-state index contributed by atoms with van der Waals surface area (Å²) in [5, 5.41) is 10.8. The highest BCUT2D eigenvalue weighted by Gasteiger charge is 2.19. The number of thiophene rings is 1. The molecule has 1 saturated carbocycles. The lowest BCUT2D eigenvalue weighted by atomic mass is 9.98. The normalized spacial score (nSPS) is 17.4. The van der Waals surface area contributed by atoms with Crippen molar-refractivity contribution in [3.8, 4) is 0 Å². The van der Waals surface area contributed by atoms with Crippen molar-refractivity contribution in [1.82, 2.24) is 0 Å². The van der Waals surface area contributed by atoms with Gasteiger partial charge in [0.1, 0.15) is 4.88 Å². The molecular weight excluding hydrogens is 196 g/mol. The molecule has 0 bridgehead atoms. The molecule has 0 saturated heterocycles. The third kappa shape index (κ3) is 1.98. The van der Waals surface area contributed by atoms with Gasteiger partial charge < -0.3 is 5.11 Å². The monoisotopic (exact) mass is 210 g/mol. The largest absolute Gasteiger partial charge is 0.477 e. The molecule has 2 nitrogen and oxygen atoms in total. The van der Waals surface area contributed by atoms with Crippen molar-refractivity contribution >= 4 is 17.3 Å². The van der Waals surface area contributed by atoms with Crippen LogP contribution in [0.1, 0.15) is 40.9 Å². The maximum Gasteiger partial charge on any atom is 0.346 e. The Morgan fingerprint density at radius 3 is 2.86 bits per heavy atom. The van der Waals surface area contributed by atoms with Gasteiger partial charge in [0.05, 0.1) is 0 Å². The fourth-order valence-electron chi connectivity index (χ4n) is 2.21. The molecule has 0 radical (unpaired) electrons. The van der Waals surface area contributed by atoms with Crippen LogP contribution in [0.5, 0.6) is 0 Å². The lowest BCUT2D eigenvalue weighted by Gasteiger charge is -2.07. The average Bonchev–Trinajstić information content (AvgIpc) is 2.75. The van der Waals surface area contributed by atoms with Gasteiger partial charge in [-0.15, -0.1) is 11.3 Å². The summed E-state index contributed by atoms with van der Waals surface area (Å²) in [6.45, 7) is 0. The van der Waals surface area contributed by atoms with E-state index < -0.39 is 5.97 Å². The molecule has 1 N–H and O–H groups in total. The van der Waals surface area contributed by atoms with Crippen LogP contribution in [0.15, 0.2) is 11.4 Å². The first-order chi connectivity index (χ1) is 6.77. The van der Waals surface area contributed by atoms with Gasteiger partial charge >= 0.3 is 5.97 Å². The van der Waals surface area contributed by atoms with E-state index in [0.717, 1.165) is 17.9 Å². The molecule has 1 aromatic heterocycles. The molecule has 1 aliphatic rings.